The summed E-state index contributed by atoms with van der Waals surface area (Å²) < 4.78 is 22.0. The molecule has 1 atom stereocenters. The first-order valence-electron chi connectivity index (χ1n) is 19.2. The van der Waals surface area contributed by atoms with Gasteiger partial charge in [0.15, 0.2) is 5.82 Å². The summed E-state index contributed by atoms with van der Waals surface area (Å²) in [5, 5.41) is 26.6. The van der Waals surface area contributed by atoms with Gasteiger partial charge in [0.1, 0.15) is 18.4 Å². The van der Waals surface area contributed by atoms with E-state index >= 15 is 0 Å². The number of nitrogens with one attached hydrogen (secondary N) is 3. The fourth-order valence-corrected chi connectivity index (χ4v) is 6.95. The number of benzene rings is 2. The van der Waals surface area contributed by atoms with Crippen molar-refractivity contribution in [1.82, 2.24) is 25.7 Å². The van der Waals surface area contributed by atoms with Crippen LogP contribution in [0.3, 0.4) is 0 Å². The molecule has 3 aromatic rings. The molecular formula is C40H48N8O10. The quantitative estimate of drug-likeness (QED) is 0.0860. The number of para-hydroxylation sites is 1. The van der Waals surface area contributed by atoms with E-state index in [-0.39, 0.29) is 60.6 Å². The SMILES string of the molecule is C=C1CCC(N2C(=O)c3cccc(NC(=O)COCCOCCOCCOCCNC(=O)C4CCN(c5cc(-c6ccccc6O)nnc5N)CC4)c3C2=O)C(=O)N1. The van der Waals surface area contributed by atoms with Crippen LogP contribution in [0.1, 0.15) is 46.4 Å². The van der Waals surface area contributed by atoms with Crippen LogP contribution in [-0.2, 0) is 33.3 Å². The lowest BCUT2D eigenvalue weighted by Crippen LogP contribution is -2.51. The zero-order valence-electron chi connectivity index (χ0n) is 32.1. The van der Waals surface area contributed by atoms with Crippen LogP contribution in [0.25, 0.3) is 11.3 Å². The predicted molar refractivity (Wildman–Crippen MR) is 211 cm³/mol. The van der Waals surface area contributed by atoms with Crippen molar-refractivity contribution in [3.05, 3.63) is 71.9 Å². The third-order valence-corrected chi connectivity index (χ3v) is 9.94. The number of carbonyl (C=O) groups excluding carboxylic acids is 5. The van der Waals surface area contributed by atoms with Gasteiger partial charge in [0.05, 0.1) is 74.4 Å². The Bertz CT molecular complexity index is 2000. The van der Waals surface area contributed by atoms with Crippen LogP contribution < -0.4 is 26.6 Å². The number of anilines is 3. The molecule has 1 unspecified atom stereocenters. The lowest BCUT2D eigenvalue weighted by atomic mass is 9.95. The molecule has 18 nitrogen and oxygen atoms in total. The van der Waals surface area contributed by atoms with Gasteiger partial charge in [-0.3, -0.25) is 28.9 Å². The van der Waals surface area contributed by atoms with E-state index in [0.29, 0.717) is 94.7 Å². The maximum Gasteiger partial charge on any atom is 0.264 e. The van der Waals surface area contributed by atoms with E-state index < -0.39 is 29.7 Å². The number of hydrogen-bond acceptors (Lipinski definition) is 14. The molecule has 3 aliphatic rings. The number of aromatic nitrogens is 2. The highest BCUT2D eigenvalue weighted by molar-refractivity contribution is 6.25. The summed E-state index contributed by atoms with van der Waals surface area (Å²) in [6.07, 6.45) is 2.03. The molecule has 4 heterocycles. The van der Waals surface area contributed by atoms with Crippen LogP contribution in [0.5, 0.6) is 5.75 Å². The maximum atomic E-state index is 13.2. The first-order chi connectivity index (χ1) is 28.1. The predicted octanol–water partition coefficient (Wildman–Crippen LogP) is 1.86. The number of nitrogens with two attached hydrogens (primary N) is 1. The van der Waals surface area contributed by atoms with Crippen molar-refractivity contribution in [3.63, 3.8) is 0 Å². The van der Waals surface area contributed by atoms with Crippen LogP contribution in [0, 0.1) is 5.92 Å². The van der Waals surface area contributed by atoms with E-state index in [4.69, 9.17) is 24.7 Å². The van der Waals surface area contributed by atoms with Crippen LogP contribution in [0.2, 0.25) is 0 Å². The Morgan fingerprint density at radius 3 is 2.24 bits per heavy atom. The minimum atomic E-state index is -0.953. The minimum Gasteiger partial charge on any atom is -0.507 e. The van der Waals surface area contributed by atoms with Gasteiger partial charge in [-0.2, -0.15) is 0 Å². The Kier molecular flexibility index (Phi) is 14.3. The number of imide groups is 1. The lowest BCUT2D eigenvalue weighted by Gasteiger charge is -2.33. The summed E-state index contributed by atoms with van der Waals surface area (Å²) >= 11 is 0. The molecule has 18 heteroatoms. The van der Waals surface area contributed by atoms with Gasteiger partial charge in [-0.15, -0.1) is 10.2 Å². The third-order valence-electron chi connectivity index (χ3n) is 9.94. The minimum absolute atomic E-state index is 0.0167. The number of ether oxygens (including phenoxy) is 4. The van der Waals surface area contributed by atoms with Gasteiger partial charge in [0.25, 0.3) is 11.8 Å². The smallest absolute Gasteiger partial charge is 0.264 e. The number of hydrogen-bond donors (Lipinski definition) is 5. The zero-order valence-corrected chi connectivity index (χ0v) is 32.1. The van der Waals surface area contributed by atoms with Gasteiger partial charge < -0.3 is 50.6 Å². The second-order valence-electron chi connectivity index (χ2n) is 13.9. The lowest BCUT2D eigenvalue weighted by molar-refractivity contribution is -0.126. The van der Waals surface area contributed by atoms with Gasteiger partial charge in [0.2, 0.25) is 17.7 Å². The monoisotopic (exact) mass is 800 g/mol. The fraction of sp³-hybridized carbons (Fsp3) is 0.425. The molecule has 6 rings (SSSR count). The first-order valence-corrected chi connectivity index (χ1v) is 19.2. The molecule has 0 radical (unpaired) electrons. The number of fused-ring (bicyclic) bond motifs is 1. The Morgan fingerprint density at radius 1 is 0.862 bits per heavy atom. The van der Waals surface area contributed by atoms with Crippen molar-refractivity contribution in [3.8, 4) is 17.0 Å². The molecule has 308 valence electrons. The van der Waals surface area contributed by atoms with Gasteiger partial charge in [-0.1, -0.05) is 24.8 Å². The van der Waals surface area contributed by atoms with Crippen molar-refractivity contribution < 1.29 is 48.0 Å². The molecule has 1 aromatic heterocycles. The van der Waals surface area contributed by atoms with E-state index in [1.54, 1.807) is 24.3 Å². The number of piperidine rings is 2. The number of phenols is 1. The van der Waals surface area contributed by atoms with Crippen LogP contribution in [0.4, 0.5) is 17.2 Å². The van der Waals surface area contributed by atoms with E-state index in [9.17, 15) is 29.1 Å². The number of carbonyl (C=O) groups is 5. The fourth-order valence-electron chi connectivity index (χ4n) is 6.95. The summed E-state index contributed by atoms with van der Waals surface area (Å²) in [5.41, 5.74) is 8.80. The summed E-state index contributed by atoms with van der Waals surface area (Å²) in [5.74, 6) is -1.96. The van der Waals surface area contributed by atoms with Gasteiger partial charge in [-0.25, -0.2) is 0 Å². The van der Waals surface area contributed by atoms with Crippen molar-refractivity contribution >= 4 is 46.7 Å². The number of nitrogens with zero attached hydrogens (tertiary/aromatic N) is 4. The number of aromatic hydroxyl groups is 1. The Labute approximate surface area is 335 Å². The number of phenolic OH excluding ortho intramolecular Hbond substituents is 1. The van der Waals surface area contributed by atoms with E-state index in [1.165, 1.54) is 12.1 Å². The molecular weight excluding hydrogens is 752 g/mol. The van der Waals surface area contributed by atoms with Gasteiger partial charge in [-0.05, 0) is 56.0 Å². The topological polar surface area (TPSA) is 237 Å². The summed E-state index contributed by atoms with van der Waals surface area (Å²) in [6.45, 7) is 7.11. The van der Waals surface area contributed by atoms with Crippen LogP contribution in [0.15, 0.2) is 60.8 Å². The van der Waals surface area contributed by atoms with Crippen molar-refractivity contribution in [1.29, 1.82) is 0 Å². The molecule has 0 aliphatic carbocycles. The zero-order chi connectivity index (χ0) is 41.0. The number of amides is 5. The second kappa shape index (κ2) is 20.0. The van der Waals surface area contributed by atoms with Gasteiger partial charge in [0, 0.05) is 36.8 Å². The van der Waals surface area contributed by atoms with Crippen molar-refractivity contribution in [2.75, 3.05) is 88.4 Å². The Morgan fingerprint density at radius 2 is 1.53 bits per heavy atom. The largest absolute Gasteiger partial charge is 0.507 e. The molecule has 3 aliphatic heterocycles. The molecule has 2 saturated heterocycles. The highest BCUT2D eigenvalue weighted by Gasteiger charge is 2.45. The average Bonchev–Trinajstić information content (AvgIpc) is 3.47. The van der Waals surface area contributed by atoms with Gasteiger partial charge >= 0.3 is 0 Å². The van der Waals surface area contributed by atoms with Crippen LogP contribution >= 0.6 is 0 Å². The average molecular weight is 801 g/mol. The number of allylic oxidation sites excluding steroid dienone is 1. The molecule has 5 amide bonds. The number of nitrogen functional groups attached to an aromatic ring is 1. The third kappa shape index (κ3) is 10.3. The Hall–Kier alpha value is -5.95. The molecule has 0 bridgehead atoms. The normalized spacial score (nSPS) is 17.0. The van der Waals surface area contributed by atoms with E-state index in [0.717, 1.165) is 10.6 Å². The molecule has 0 spiro atoms. The molecule has 58 heavy (non-hydrogen) atoms. The second-order valence-corrected chi connectivity index (χ2v) is 13.9. The maximum absolute atomic E-state index is 13.2. The standard InChI is InChI=1S/C40H48N8O10/c1-25-9-10-31(38(52)43-25)48-39(53)28-6-4-7-29(35(28)40(48)54)44-34(50)24-58-22-21-57-20-19-56-18-17-55-16-13-42-37(51)26-11-14-47(15-12-26)32-23-30(45-46-36(32)41)27-5-2-3-8-33(27)49/h2-8,23,26,31,49H,1,9-22,24H2,(H2,41,46)(H,42,51)(H,43,52)(H,44,50). The molecule has 0 saturated carbocycles. The highest BCUT2D eigenvalue weighted by Crippen LogP contribution is 2.34. The van der Waals surface area contributed by atoms with Crippen molar-refractivity contribution in [2.45, 2.75) is 31.7 Å². The molecule has 2 aromatic carbocycles. The Balaban J connectivity index is 0.768. The summed E-state index contributed by atoms with van der Waals surface area (Å²) in [6, 6.07) is 12.3. The summed E-state index contributed by atoms with van der Waals surface area (Å²) in [4.78, 5) is 67.1. The van der Waals surface area contributed by atoms with Crippen molar-refractivity contribution in [2.24, 2.45) is 5.92 Å². The van der Waals surface area contributed by atoms with Crippen LogP contribution in [-0.4, -0.2) is 128 Å². The van der Waals surface area contributed by atoms with E-state index in [1.807, 2.05) is 12.1 Å². The summed E-state index contributed by atoms with van der Waals surface area (Å²) in [7, 11) is 0. The first kappa shape index (κ1) is 41.7. The van der Waals surface area contributed by atoms with E-state index in [2.05, 4.69) is 37.6 Å². The molecule has 2 fully saturated rings. The number of rotatable bonds is 19. The molecule has 6 N–H and O–H groups in total. The highest BCUT2D eigenvalue weighted by atomic mass is 16.6.